The lowest BCUT2D eigenvalue weighted by molar-refractivity contribution is 0.279. The van der Waals surface area contributed by atoms with Gasteiger partial charge in [0.05, 0.1) is 0 Å². The lowest BCUT2D eigenvalue weighted by atomic mass is 9.90. The zero-order chi connectivity index (χ0) is 17.5. The highest BCUT2D eigenvalue weighted by Crippen LogP contribution is 2.31. The second kappa shape index (κ2) is 8.50. The Kier molecular flexibility index (Phi) is 5.86. The standard InChI is InChI=1S/C23H24O2/c1-18(15-16-24)22-9-5-6-10-23(22)20-11-13-21(14-12-20)25-17-19-7-3-2-4-8-19/h2-14,18,24H,15-17H2,1H3. The van der Waals surface area contributed by atoms with Gasteiger partial charge in [0.15, 0.2) is 0 Å². The van der Waals surface area contributed by atoms with E-state index in [-0.39, 0.29) is 6.61 Å². The van der Waals surface area contributed by atoms with Crippen molar-refractivity contribution >= 4 is 0 Å². The van der Waals surface area contributed by atoms with Gasteiger partial charge in [0, 0.05) is 6.61 Å². The molecule has 2 heteroatoms. The highest BCUT2D eigenvalue weighted by Gasteiger charge is 2.11. The Hall–Kier alpha value is -2.58. The van der Waals surface area contributed by atoms with E-state index < -0.39 is 0 Å². The summed E-state index contributed by atoms with van der Waals surface area (Å²) < 4.78 is 5.87. The van der Waals surface area contributed by atoms with E-state index in [9.17, 15) is 5.11 Å². The fourth-order valence-electron chi connectivity index (χ4n) is 3.01. The average molecular weight is 332 g/mol. The molecule has 0 aromatic heterocycles. The van der Waals surface area contributed by atoms with Crippen LogP contribution < -0.4 is 4.74 Å². The third-order valence-corrected chi connectivity index (χ3v) is 4.47. The summed E-state index contributed by atoms with van der Waals surface area (Å²) in [5.41, 5.74) is 4.83. The predicted molar refractivity (Wildman–Crippen MR) is 103 cm³/mol. The van der Waals surface area contributed by atoms with Crippen LogP contribution in [0.3, 0.4) is 0 Å². The molecule has 0 fully saturated rings. The van der Waals surface area contributed by atoms with Gasteiger partial charge in [-0.3, -0.25) is 0 Å². The molecule has 0 saturated carbocycles. The largest absolute Gasteiger partial charge is 0.489 e. The molecule has 3 aromatic rings. The van der Waals surface area contributed by atoms with Crippen molar-refractivity contribution in [3.8, 4) is 16.9 Å². The molecule has 25 heavy (non-hydrogen) atoms. The molecule has 0 heterocycles. The number of hydrogen-bond donors (Lipinski definition) is 1. The van der Waals surface area contributed by atoms with E-state index in [1.165, 1.54) is 16.7 Å². The quantitative estimate of drug-likeness (QED) is 0.626. The van der Waals surface area contributed by atoms with Crippen LogP contribution in [0.5, 0.6) is 5.75 Å². The highest BCUT2D eigenvalue weighted by atomic mass is 16.5. The van der Waals surface area contributed by atoms with Crippen LogP contribution in [0.4, 0.5) is 0 Å². The van der Waals surface area contributed by atoms with Gasteiger partial charge in [0.2, 0.25) is 0 Å². The molecular weight excluding hydrogens is 308 g/mol. The molecule has 0 saturated heterocycles. The molecule has 1 N–H and O–H groups in total. The maximum absolute atomic E-state index is 9.23. The number of rotatable bonds is 7. The number of aliphatic hydroxyl groups is 1. The summed E-state index contributed by atoms with van der Waals surface area (Å²) in [5.74, 6) is 1.20. The van der Waals surface area contributed by atoms with Crippen LogP contribution in [-0.2, 0) is 6.61 Å². The summed E-state index contributed by atoms with van der Waals surface area (Å²) in [6.07, 6.45) is 0.773. The average Bonchev–Trinajstić information content (AvgIpc) is 2.68. The van der Waals surface area contributed by atoms with E-state index in [1.54, 1.807) is 0 Å². The van der Waals surface area contributed by atoms with Gasteiger partial charge in [-0.25, -0.2) is 0 Å². The molecule has 0 bridgehead atoms. The van der Waals surface area contributed by atoms with Crippen molar-refractivity contribution in [2.24, 2.45) is 0 Å². The van der Waals surface area contributed by atoms with Gasteiger partial charge in [-0.2, -0.15) is 0 Å². The molecule has 0 aliphatic rings. The summed E-state index contributed by atoms with van der Waals surface area (Å²) in [7, 11) is 0. The first-order valence-corrected chi connectivity index (χ1v) is 8.75. The van der Waals surface area contributed by atoms with Gasteiger partial charge in [0.1, 0.15) is 12.4 Å². The summed E-state index contributed by atoms with van der Waals surface area (Å²) in [6.45, 7) is 2.94. The fourth-order valence-corrected chi connectivity index (χ4v) is 3.01. The molecule has 0 aliphatic carbocycles. The van der Waals surface area contributed by atoms with E-state index in [1.807, 2.05) is 30.3 Å². The highest BCUT2D eigenvalue weighted by molar-refractivity contribution is 5.68. The molecule has 0 aliphatic heterocycles. The topological polar surface area (TPSA) is 29.5 Å². The number of ether oxygens (including phenoxy) is 1. The van der Waals surface area contributed by atoms with Crippen LogP contribution >= 0.6 is 0 Å². The van der Waals surface area contributed by atoms with Crippen molar-refractivity contribution < 1.29 is 9.84 Å². The van der Waals surface area contributed by atoms with Crippen molar-refractivity contribution in [2.45, 2.75) is 25.9 Å². The third-order valence-electron chi connectivity index (χ3n) is 4.47. The Morgan fingerprint density at radius 3 is 2.24 bits per heavy atom. The first kappa shape index (κ1) is 17.2. The Morgan fingerprint density at radius 1 is 0.840 bits per heavy atom. The Balaban J connectivity index is 1.74. The number of benzene rings is 3. The second-order valence-corrected chi connectivity index (χ2v) is 6.30. The molecule has 0 radical (unpaired) electrons. The van der Waals surface area contributed by atoms with E-state index in [0.717, 1.165) is 17.7 Å². The smallest absolute Gasteiger partial charge is 0.119 e. The lowest BCUT2D eigenvalue weighted by Gasteiger charge is -2.16. The molecule has 3 aromatic carbocycles. The number of aliphatic hydroxyl groups excluding tert-OH is 1. The lowest BCUT2D eigenvalue weighted by Crippen LogP contribution is -1.99. The van der Waals surface area contributed by atoms with E-state index in [4.69, 9.17) is 4.74 Å². The van der Waals surface area contributed by atoms with Crippen LogP contribution in [-0.4, -0.2) is 11.7 Å². The first-order valence-electron chi connectivity index (χ1n) is 8.75. The minimum Gasteiger partial charge on any atom is -0.489 e. The van der Waals surface area contributed by atoms with Crippen molar-refractivity contribution in [3.63, 3.8) is 0 Å². The van der Waals surface area contributed by atoms with Crippen molar-refractivity contribution in [2.75, 3.05) is 6.61 Å². The summed E-state index contributed by atoms with van der Waals surface area (Å²) in [5, 5.41) is 9.23. The zero-order valence-electron chi connectivity index (χ0n) is 14.6. The van der Waals surface area contributed by atoms with E-state index in [0.29, 0.717) is 12.5 Å². The predicted octanol–water partition coefficient (Wildman–Crippen LogP) is 5.42. The van der Waals surface area contributed by atoms with E-state index in [2.05, 4.69) is 55.5 Å². The molecule has 0 spiro atoms. The molecule has 1 atom stereocenters. The van der Waals surface area contributed by atoms with Gasteiger partial charge >= 0.3 is 0 Å². The van der Waals surface area contributed by atoms with E-state index >= 15 is 0 Å². The molecule has 0 amide bonds. The second-order valence-electron chi connectivity index (χ2n) is 6.30. The summed E-state index contributed by atoms with van der Waals surface area (Å²) in [4.78, 5) is 0. The van der Waals surface area contributed by atoms with Gasteiger partial charge < -0.3 is 9.84 Å². The van der Waals surface area contributed by atoms with Gasteiger partial charge in [-0.15, -0.1) is 0 Å². The van der Waals surface area contributed by atoms with Gasteiger partial charge in [-0.05, 0) is 46.7 Å². The molecule has 2 nitrogen and oxygen atoms in total. The monoisotopic (exact) mass is 332 g/mol. The molecular formula is C23H24O2. The minimum absolute atomic E-state index is 0.210. The van der Waals surface area contributed by atoms with Crippen LogP contribution in [0.1, 0.15) is 30.4 Å². The van der Waals surface area contributed by atoms with Crippen molar-refractivity contribution in [3.05, 3.63) is 90.0 Å². The normalized spacial score (nSPS) is 11.9. The molecule has 1 unspecified atom stereocenters. The maximum Gasteiger partial charge on any atom is 0.119 e. The van der Waals surface area contributed by atoms with Crippen molar-refractivity contribution in [1.82, 2.24) is 0 Å². The molecule has 3 rings (SSSR count). The Morgan fingerprint density at radius 2 is 1.52 bits per heavy atom. The summed E-state index contributed by atoms with van der Waals surface area (Å²) >= 11 is 0. The maximum atomic E-state index is 9.23. The van der Waals surface area contributed by atoms with Gasteiger partial charge in [-0.1, -0.05) is 73.7 Å². The van der Waals surface area contributed by atoms with Crippen LogP contribution in [0.2, 0.25) is 0 Å². The van der Waals surface area contributed by atoms with Crippen LogP contribution in [0.25, 0.3) is 11.1 Å². The Bertz CT molecular complexity index is 779. The minimum atomic E-state index is 0.210. The SMILES string of the molecule is CC(CCO)c1ccccc1-c1ccc(OCc2ccccc2)cc1. The summed E-state index contributed by atoms with van der Waals surface area (Å²) in [6, 6.07) is 26.8. The first-order chi connectivity index (χ1) is 12.3. The zero-order valence-corrected chi connectivity index (χ0v) is 14.6. The van der Waals surface area contributed by atoms with Crippen LogP contribution in [0, 0.1) is 0 Å². The Labute approximate surface area is 149 Å². The molecule has 128 valence electrons. The van der Waals surface area contributed by atoms with Crippen molar-refractivity contribution in [1.29, 1.82) is 0 Å². The fraction of sp³-hybridized carbons (Fsp3) is 0.217. The number of hydrogen-bond acceptors (Lipinski definition) is 2. The van der Waals surface area contributed by atoms with Gasteiger partial charge in [0.25, 0.3) is 0 Å². The third kappa shape index (κ3) is 4.49. The van der Waals surface area contributed by atoms with Crippen LogP contribution in [0.15, 0.2) is 78.9 Å².